The van der Waals surface area contributed by atoms with E-state index < -0.39 is 0 Å². The Morgan fingerprint density at radius 3 is 2.75 bits per heavy atom. The fraction of sp³-hybridized carbons (Fsp3) is 0.500. The van der Waals surface area contributed by atoms with Crippen LogP contribution in [0, 0.1) is 11.3 Å². The number of allylic oxidation sites excluding steroid dienone is 7. The molecule has 2 heteroatoms. The van der Waals surface area contributed by atoms with Gasteiger partial charge in [-0.2, -0.15) is 0 Å². The SMILES string of the molecule is CC(=O)OC/C=C/CC1=CC=CC(C)(CC(C)C)C=C1. The number of hydrogen-bond acceptors (Lipinski definition) is 2. The lowest BCUT2D eigenvalue weighted by Crippen LogP contribution is -2.12. The van der Waals surface area contributed by atoms with Crippen LogP contribution in [-0.2, 0) is 9.53 Å². The van der Waals surface area contributed by atoms with Crippen LogP contribution in [-0.4, -0.2) is 12.6 Å². The van der Waals surface area contributed by atoms with Gasteiger partial charge in [0.25, 0.3) is 0 Å². The van der Waals surface area contributed by atoms with Crippen LogP contribution in [0.1, 0.15) is 40.5 Å². The first-order valence-electron chi connectivity index (χ1n) is 7.27. The molecule has 20 heavy (non-hydrogen) atoms. The Labute approximate surface area is 122 Å². The minimum absolute atomic E-state index is 0.147. The highest BCUT2D eigenvalue weighted by molar-refractivity contribution is 5.65. The van der Waals surface area contributed by atoms with Crippen LogP contribution in [0.5, 0.6) is 0 Å². The minimum atomic E-state index is -0.240. The molecule has 0 N–H and O–H groups in total. The van der Waals surface area contributed by atoms with E-state index in [1.54, 1.807) is 0 Å². The molecule has 0 heterocycles. The smallest absolute Gasteiger partial charge is 0.302 e. The summed E-state index contributed by atoms with van der Waals surface area (Å²) in [7, 11) is 0. The van der Waals surface area contributed by atoms with E-state index in [-0.39, 0.29) is 11.4 Å². The quantitative estimate of drug-likeness (QED) is 0.522. The maximum absolute atomic E-state index is 10.6. The Kier molecular flexibility index (Phi) is 6.50. The zero-order valence-corrected chi connectivity index (χ0v) is 13.1. The first-order chi connectivity index (χ1) is 9.41. The third-order valence-corrected chi connectivity index (χ3v) is 3.22. The van der Waals surface area contributed by atoms with Gasteiger partial charge in [0.15, 0.2) is 0 Å². The topological polar surface area (TPSA) is 26.3 Å². The molecule has 110 valence electrons. The van der Waals surface area contributed by atoms with E-state index in [4.69, 9.17) is 4.74 Å². The molecule has 0 radical (unpaired) electrons. The average Bonchev–Trinajstić information content (AvgIpc) is 2.50. The first kappa shape index (κ1) is 16.5. The van der Waals surface area contributed by atoms with Crippen molar-refractivity contribution in [1.29, 1.82) is 0 Å². The summed E-state index contributed by atoms with van der Waals surface area (Å²) in [5, 5.41) is 0. The predicted octanol–water partition coefficient (Wildman–Crippen LogP) is 4.60. The molecule has 0 saturated heterocycles. The van der Waals surface area contributed by atoms with Crippen molar-refractivity contribution in [3.8, 4) is 0 Å². The van der Waals surface area contributed by atoms with E-state index in [2.05, 4.69) is 51.2 Å². The molecule has 1 atom stereocenters. The van der Waals surface area contributed by atoms with Crippen LogP contribution in [0.4, 0.5) is 0 Å². The molecule has 0 aromatic rings. The second-order valence-corrected chi connectivity index (χ2v) is 6.02. The molecule has 0 amide bonds. The van der Waals surface area contributed by atoms with Gasteiger partial charge in [-0.1, -0.05) is 63.3 Å². The van der Waals surface area contributed by atoms with Crippen LogP contribution < -0.4 is 0 Å². The summed E-state index contributed by atoms with van der Waals surface area (Å²) in [6.07, 6.45) is 17.0. The van der Waals surface area contributed by atoms with Crippen LogP contribution >= 0.6 is 0 Å². The van der Waals surface area contributed by atoms with Gasteiger partial charge in [0.1, 0.15) is 6.61 Å². The van der Waals surface area contributed by atoms with Crippen molar-refractivity contribution in [2.24, 2.45) is 11.3 Å². The summed E-state index contributed by atoms with van der Waals surface area (Å²) in [5.74, 6) is 0.440. The summed E-state index contributed by atoms with van der Waals surface area (Å²) >= 11 is 0. The summed E-state index contributed by atoms with van der Waals surface area (Å²) in [5.41, 5.74) is 1.42. The van der Waals surface area contributed by atoms with Gasteiger partial charge in [0, 0.05) is 12.3 Å². The van der Waals surface area contributed by atoms with Crippen LogP contribution in [0.15, 0.2) is 48.1 Å². The zero-order valence-electron chi connectivity index (χ0n) is 13.1. The number of esters is 1. The highest BCUT2D eigenvalue weighted by atomic mass is 16.5. The van der Waals surface area contributed by atoms with Gasteiger partial charge in [0.05, 0.1) is 0 Å². The highest BCUT2D eigenvalue weighted by Crippen LogP contribution is 2.31. The molecule has 0 aliphatic heterocycles. The number of hydrogen-bond donors (Lipinski definition) is 0. The Bertz CT molecular complexity index is 438. The number of carbonyl (C=O) groups excluding carboxylic acids is 1. The fourth-order valence-electron chi connectivity index (χ4n) is 2.40. The van der Waals surface area contributed by atoms with Crippen molar-refractivity contribution in [1.82, 2.24) is 0 Å². The normalized spacial score (nSPS) is 22.1. The lowest BCUT2D eigenvalue weighted by Gasteiger charge is -2.23. The Morgan fingerprint density at radius 1 is 1.35 bits per heavy atom. The largest absolute Gasteiger partial charge is 0.462 e. The van der Waals surface area contributed by atoms with Gasteiger partial charge in [-0.05, 0) is 24.3 Å². The van der Waals surface area contributed by atoms with Gasteiger partial charge in [-0.25, -0.2) is 0 Å². The summed E-state index contributed by atoms with van der Waals surface area (Å²) in [6, 6.07) is 0. The summed E-state index contributed by atoms with van der Waals surface area (Å²) < 4.78 is 4.86. The standard InChI is InChI=1S/C18H26O2/c1-15(2)14-18(4)11-7-9-17(10-12-18)8-5-6-13-20-16(3)19/h5-7,9-12,15H,8,13-14H2,1-4H3/b6-5+. The van der Waals surface area contributed by atoms with Gasteiger partial charge in [-0.15, -0.1) is 0 Å². The lowest BCUT2D eigenvalue weighted by atomic mass is 9.81. The van der Waals surface area contributed by atoms with E-state index in [1.165, 1.54) is 12.5 Å². The second-order valence-electron chi connectivity index (χ2n) is 6.02. The average molecular weight is 274 g/mol. The minimum Gasteiger partial charge on any atom is -0.462 e. The molecule has 0 aromatic carbocycles. The molecule has 0 bridgehead atoms. The molecule has 0 aromatic heterocycles. The third-order valence-electron chi connectivity index (χ3n) is 3.22. The van der Waals surface area contributed by atoms with E-state index in [1.807, 2.05) is 12.2 Å². The fourth-order valence-corrected chi connectivity index (χ4v) is 2.40. The maximum Gasteiger partial charge on any atom is 0.302 e. The van der Waals surface area contributed by atoms with E-state index in [0.29, 0.717) is 12.5 Å². The molecule has 1 unspecified atom stereocenters. The van der Waals surface area contributed by atoms with Crippen molar-refractivity contribution in [2.75, 3.05) is 6.61 Å². The van der Waals surface area contributed by atoms with Gasteiger partial charge in [0.2, 0.25) is 0 Å². The van der Waals surface area contributed by atoms with E-state index >= 15 is 0 Å². The molecule has 0 fully saturated rings. The summed E-state index contributed by atoms with van der Waals surface area (Å²) in [4.78, 5) is 10.6. The Hall–Kier alpha value is -1.57. The predicted molar refractivity (Wildman–Crippen MR) is 84.3 cm³/mol. The second kappa shape index (κ2) is 7.88. The molecular formula is C18H26O2. The van der Waals surface area contributed by atoms with Crippen LogP contribution in [0.25, 0.3) is 0 Å². The molecule has 2 nitrogen and oxygen atoms in total. The number of rotatable bonds is 6. The first-order valence-corrected chi connectivity index (χ1v) is 7.27. The van der Waals surface area contributed by atoms with Gasteiger partial charge in [-0.3, -0.25) is 4.79 Å². The van der Waals surface area contributed by atoms with Crippen molar-refractivity contribution in [3.05, 3.63) is 48.1 Å². The molecule has 1 aliphatic rings. The van der Waals surface area contributed by atoms with Gasteiger partial charge < -0.3 is 4.74 Å². The van der Waals surface area contributed by atoms with E-state index in [9.17, 15) is 4.79 Å². The third kappa shape index (κ3) is 6.55. The van der Waals surface area contributed by atoms with E-state index in [0.717, 1.165) is 12.8 Å². The monoisotopic (exact) mass is 274 g/mol. The summed E-state index contributed by atoms with van der Waals surface area (Å²) in [6.45, 7) is 8.55. The maximum atomic E-state index is 10.6. The van der Waals surface area contributed by atoms with Crippen molar-refractivity contribution < 1.29 is 9.53 Å². The molecular weight excluding hydrogens is 248 g/mol. The van der Waals surface area contributed by atoms with Crippen molar-refractivity contribution in [3.63, 3.8) is 0 Å². The lowest BCUT2D eigenvalue weighted by molar-refractivity contribution is -0.139. The van der Waals surface area contributed by atoms with Crippen LogP contribution in [0.3, 0.4) is 0 Å². The highest BCUT2D eigenvalue weighted by Gasteiger charge is 2.19. The Balaban J connectivity index is 2.50. The van der Waals surface area contributed by atoms with Gasteiger partial charge >= 0.3 is 5.97 Å². The number of ether oxygens (including phenoxy) is 1. The molecule has 0 spiro atoms. The number of carbonyl (C=O) groups is 1. The molecule has 1 rings (SSSR count). The zero-order chi connectivity index (χ0) is 15.0. The Morgan fingerprint density at radius 2 is 2.10 bits per heavy atom. The van der Waals surface area contributed by atoms with Crippen LogP contribution in [0.2, 0.25) is 0 Å². The van der Waals surface area contributed by atoms with Crippen molar-refractivity contribution in [2.45, 2.75) is 40.5 Å². The molecule has 1 aliphatic carbocycles. The molecule has 0 saturated carbocycles. The van der Waals surface area contributed by atoms with Crippen molar-refractivity contribution >= 4 is 5.97 Å².